The Hall–Kier alpha value is -1.41. The first-order valence-corrected chi connectivity index (χ1v) is 5.79. The van der Waals surface area contributed by atoms with Crippen molar-refractivity contribution in [3.8, 4) is 0 Å². The highest BCUT2D eigenvalue weighted by Crippen LogP contribution is 2.13. The summed E-state index contributed by atoms with van der Waals surface area (Å²) in [7, 11) is 0. The predicted molar refractivity (Wildman–Crippen MR) is 67.5 cm³/mol. The molecule has 2 rings (SSSR count). The Bertz CT molecular complexity index is 491. The summed E-state index contributed by atoms with van der Waals surface area (Å²) in [6.07, 6.45) is 0.434. The van der Waals surface area contributed by atoms with Gasteiger partial charge in [0.2, 0.25) is 0 Å². The van der Waals surface area contributed by atoms with Crippen molar-refractivity contribution in [3.63, 3.8) is 0 Å². The number of halogens is 1. The molecule has 0 amide bonds. The van der Waals surface area contributed by atoms with Crippen LogP contribution in [0.5, 0.6) is 0 Å². The lowest BCUT2D eigenvalue weighted by Crippen LogP contribution is -2.02. The van der Waals surface area contributed by atoms with Crippen LogP contribution in [-0.2, 0) is 6.42 Å². The molecule has 0 aliphatic heterocycles. The van der Waals surface area contributed by atoms with Crippen molar-refractivity contribution in [2.75, 3.05) is 0 Å². The normalized spacial score (nSPS) is 10.1. The first-order valence-electron chi connectivity index (χ1n) is 4.99. The number of carbonyl (C=O) groups excluding carboxylic acids is 1. The van der Waals surface area contributed by atoms with E-state index in [1.807, 2.05) is 24.3 Å². The lowest BCUT2D eigenvalue weighted by atomic mass is 10.0. The second kappa shape index (κ2) is 5.08. The second-order valence-corrected chi connectivity index (χ2v) is 4.43. The third-order valence-corrected chi connectivity index (χ3v) is 2.79. The third kappa shape index (κ3) is 2.80. The van der Waals surface area contributed by atoms with E-state index in [0.29, 0.717) is 6.42 Å². The maximum absolute atomic E-state index is 11.9. The zero-order chi connectivity index (χ0) is 11.4. The van der Waals surface area contributed by atoms with E-state index in [9.17, 15) is 4.79 Å². The molecule has 0 aliphatic rings. The van der Waals surface area contributed by atoms with Crippen molar-refractivity contribution in [2.24, 2.45) is 0 Å². The molecule has 0 bridgehead atoms. The van der Waals surface area contributed by atoms with Crippen LogP contribution in [0.2, 0.25) is 0 Å². The smallest absolute Gasteiger partial charge is 0.167 e. The monoisotopic (exact) mass is 273 g/mol. The molecule has 0 saturated heterocycles. The molecule has 0 aliphatic carbocycles. The van der Waals surface area contributed by atoms with Crippen molar-refractivity contribution < 1.29 is 4.79 Å². The summed E-state index contributed by atoms with van der Waals surface area (Å²) >= 11 is 3.39. The first kappa shape index (κ1) is 11.1. The minimum atomic E-state index is 0.132. The molecule has 2 aromatic rings. The van der Waals surface area contributed by atoms with Gasteiger partial charge >= 0.3 is 0 Å². The van der Waals surface area contributed by atoms with E-state index >= 15 is 0 Å². The summed E-state index contributed by atoms with van der Waals surface area (Å²) in [5.74, 6) is 0.132. The van der Waals surface area contributed by atoms with Gasteiger partial charge in [-0.2, -0.15) is 0 Å². The summed E-state index contributed by atoms with van der Waals surface area (Å²) in [5, 5.41) is 0. The molecule has 79 valence electrons. The minimum absolute atomic E-state index is 0.132. The average Bonchev–Trinajstić information content (AvgIpc) is 2.30. The molecule has 0 unspecified atom stereocenters. The van der Waals surface area contributed by atoms with Crippen molar-refractivity contribution >= 4 is 21.7 Å². The van der Waals surface area contributed by atoms with Crippen LogP contribution < -0.4 is 0 Å². The topological polar surface area (TPSA) is 17.1 Å². The first-order chi connectivity index (χ1) is 7.75. The average molecular weight is 274 g/mol. The summed E-state index contributed by atoms with van der Waals surface area (Å²) < 4.78 is 0.999. The molecule has 0 atom stereocenters. The Balaban J connectivity index is 2.14. The highest BCUT2D eigenvalue weighted by molar-refractivity contribution is 9.10. The number of benzene rings is 2. The lowest BCUT2D eigenvalue weighted by Gasteiger charge is -2.01. The van der Waals surface area contributed by atoms with E-state index in [0.717, 1.165) is 15.6 Å². The van der Waals surface area contributed by atoms with Crippen molar-refractivity contribution in [2.45, 2.75) is 6.42 Å². The molecule has 0 fully saturated rings. The van der Waals surface area contributed by atoms with Crippen LogP contribution in [0.1, 0.15) is 15.9 Å². The van der Waals surface area contributed by atoms with Gasteiger partial charge in [0, 0.05) is 16.5 Å². The van der Waals surface area contributed by atoms with Gasteiger partial charge in [0.1, 0.15) is 0 Å². The Kier molecular flexibility index (Phi) is 3.52. The summed E-state index contributed by atoms with van der Waals surface area (Å²) in [6, 6.07) is 17.8. The highest BCUT2D eigenvalue weighted by atomic mass is 79.9. The molecule has 2 heteroatoms. The minimum Gasteiger partial charge on any atom is -0.294 e. The van der Waals surface area contributed by atoms with Gasteiger partial charge in [-0.05, 0) is 23.8 Å². The fourth-order valence-corrected chi connectivity index (χ4v) is 1.95. The highest BCUT2D eigenvalue weighted by Gasteiger charge is 2.06. The summed E-state index contributed by atoms with van der Waals surface area (Å²) in [5.41, 5.74) is 1.76. The second-order valence-electron chi connectivity index (χ2n) is 3.52. The van der Waals surface area contributed by atoms with E-state index in [1.54, 1.807) is 24.3 Å². The van der Waals surface area contributed by atoms with Crippen molar-refractivity contribution in [1.29, 1.82) is 0 Å². The van der Waals surface area contributed by atoms with Gasteiger partial charge in [0.25, 0.3) is 0 Å². The van der Waals surface area contributed by atoms with Gasteiger partial charge in [-0.15, -0.1) is 0 Å². The SMILES string of the molecule is O=C(Cc1cccc(Br)c1)c1cc[c]cc1. The van der Waals surface area contributed by atoms with Crippen LogP contribution in [0, 0.1) is 6.07 Å². The van der Waals surface area contributed by atoms with Gasteiger partial charge in [0.15, 0.2) is 5.78 Å². The van der Waals surface area contributed by atoms with Crippen LogP contribution >= 0.6 is 15.9 Å². The summed E-state index contributed by atoms with van der Waals surface area (Å²) in [4.78, 5) is 11.9. The number of ketones is 1. The molecule has 2 aromatic carbocycles. The Morgan fingerprint density at radius 2 is 1.94 bits per heavy atom. The van der Waals surface area contributed by atoms with Crippen LogP contribution in [0.4, 0.5) is 0 Å². The van der Waals surface area contributed by atoms with Crippen molar-refractivity contribution in [1.82, 2.24) is 0 Å². The Morgan fingerprint density at radius 1 is 1.19 bits per heavy atom. The zero-order valence-electron chi connectivity index (χ0n) is 8.61. The van der Waals surface area contributed by atoms with Crippen molar-refractivity contribution in [3.05, 3.63) is 70.2 Å². The maximum Gasteiger partial charge on any atom is 0.167 e. The fraction of sp³-hybridized carbons (Fsp3) is 0.0714. The molecule has 0 saturated carbocycles. The van der Waals surface area contributed by atoms with Crippen LogP contribution in [0.15, 0.2) is 53.0 Å². The van der Waals surface area contributed by atoms with Gasteiger partial charge in [-0.1, -0.05) is 52.3 Å². The molecule has 1 nitrogen and oxygen atoms in total. The van der Waals surface area contributed by atoms with Gasteiger partial charge in [0.05, 0.1) is 0 Å². The number of hydrogen-bond acceptors (Lipinski definition) is 1. The lowest BCUT2D eigenvalue weighted by molar-refractivity contribution is 0.0993. The largest absolute Gasteiger partial charge is 0.294 e. The van der Waals surface area contributed by atoms with E-state index < -0.39 is 0 Å². The maximum atomic E-state index is 11.9. The quantitative estimate of drug-likeness (QED) is 0.780. The molecular weight excluding hydrogens is 264 g/mol. The summed E-state index contributed by atoms with van der Waals surface area (Å²) in [6.45, 7) is 0. The van der Waals surface area contributed by atoms with E-state index in [2.05, 4.69) is 22.0 Å². The molecule has 1 radical (unpaired) electrons. The van der Waals surface area contributed by atoms with Crippen LogP contribution in [-0.4, -0.2) is 5.78 Å². The van der Waals surface area contributed by atoms with Gasteiger partial charge < -0.3 is 0 Å². The van der Waals surface area contributed by atoms with Gasteiger partial charge in [-0.3, -0.25) is 4.79 Å². The molecule has 0 heterocycles. The van der Waals surface area contributed by atoms with E-state index in [1.165, 1.54) is 0 Å². The van der Waals surface area contributed by atoms with Gasteiger partial charge in [-0.25, -0.2) is 0 Å². The third-order valence-electron chi connectivity index (χ3n) is 2.29. The van der Waals surface area contributed by atoms with Crippen LogP contribution in [0.3, 0.4) is 0 Å². The fourth-order valence-electron chi connectivity index (χ4n) is 1.51. The predicted octanol–water partition coefficient (Wildman–Crippen LogP) is 3.67. The zero-order valence-corrected chi connectivity index (χ0v) is 10.2. The number of hydrogen-bond donors (Lipinski definition) is 0. The number of Topliss-reactive ketones (excluding diaryl/α,β-unsaturated/α-hetero) is 1. The number of rotatable bonds is 3. The molecule has 16 heavy (non-hydrogen) atoms. The molecule has 0 spiro atoms. The molecule has 0 aromatic heterocycles. The molecular formula is C14H10BrO. The van der Waals surface area contributed by atoms with E-state index in [-0.39, 0.29) is 5.78 Å². The molecule has 0 N–H and O–H groups in total. The Morgan fingerprint density at radius 3 is 2.62 bits per heavy atom. The van der Waals surface area contributed by atoms with Crippen LogP contribution in [0.25, 0.3) is 0 Å². The standard InChI is InChI=1S/C14H10BrO/c15-13-8-4-5-11(9-13)10-14(16)12-6-2-1-3-7-12/h2-9H,10H2. The Labute approximate surface area is 103 Å². The van der Waals surface area contributed by atoms with E-state index in [4.69, 9.17) is 0 Å². The number of carbonyl (C=O) groups is 1.